The molecule has 7 nitrogen and oxygen atoms in total. The summed E-state index contributed by atoms with van der Waals surface area (Å²) in [5.41, 5.74) is 1.47. The lowest BCUT2D eigenvalue weighted by Gasteiger charge is -2.09. The monoisotopic (exact) mass is 416 g/mol. The SMILES string of the molecule is CCn1c(SCC(=O)Nc2ccc3c(c2)OCO3)nnc1-c1ccccc1Cl. The minimum Gasteiger partial charge on any atom is -0.454 e. The van der Waals surface area contributed by atoms with E-state index in [1.165, 1.54) is 11.8 Å². The Morgan fingerprint density at radius 1 is 1.21 bits per heavy atom. The van der Waals surface area contributed by atoms with Gasteiger partial charge in [-0.2, -0.15) is 0 Å². The van der Waals surface area contributed by atoms with E-state index in [-0.39, 0.29) is 18.5 Å². The van der Waals surface area contributed by atoms with Gasteiger partial charge in [0.2, 0.25) is 12.7 Å². The second-order valence-corrected chi connectivity index (χ2v) is 7.28. The van der Waals surface area contributed by atoms with Crippen molar-refractivity contribution in [2.75, 3.05) is 17.9 Å². The predicted octanol–water partition coefficient (Wildman–Crippen LogP) is 4.08. The van der Waals surface area contributed by atoms with Crippen LogP contribution >= 0.6 is 23.4 Å². The van der Waals surface area contributed by atoms with E-state index in [9.17, 15) is 4.79 Å². The van der Waals surface area contributed by atoms with E-state index in [2.05, 4.69) is 15.5 Å². The number of ether oxygens (including phenoxy) is 2. The van der Waals surface area contributed by atoms with Crippen molar-refractivity contribution < 1.29 is 14.3 Å². The number of rotatable bonds is 6. The van der Waals surface area contributed by atoms with Crippen molar-refractivity contribution in [3.05, 3.63) is 47.5 Å². The first-order valence-electron chi connectivity index (χ1n) is 8.66. The van der Waals surface area contributed by atoms with Gasteiger partial charge < -0.3 is 19.4 Å². The highest BCUT2D eigenvalue weighted by Crippen LogP contribution is 2.34. The summed E-state index contributed by atoms with van der Waals surface area (Å²) < 4.78 is 12.5. The number of amides is 1. The zero-order chi connectivity index (χ0) is 19.5. The third-order valence-corrected chi connectivity index (χ3v) is 5.43. The predicted molar refractivity (Wildman–Crippen MR) is 108 cm³/mol. The van der Waals surface area contributed by atoms with Crippen molar-refractivity contribution >= 4 is 35.0 Å². The van der Waals surface area contributed by atoms with Gasteiger partial charge in [0.05, 0.1) is 10.8 Å². The van der Waals surface area contributed by atoms with Gasteiger partial charge in [-0.3, -0.25) is 4.79 Å². The Morgan fingerprint density at radius 3 is 2.86 bits per heavy atom. The molecule has 28 heavy (non-hydrogen) atoms. The first-order valence-corrected chi connectivity index (χ1v) is 10.0. The Balaban J connectivity index is 1.43. The molecule has 4 rings (SSSR count). The van der Waals surface area contributed by atoms with Crippen LogP contribution in [0.4, 0.5) is 5.69 Å². The molecule has 0 atom stereocenters. The molecule has 1 aromatic heterocycles. The van der Waals surface area contributed by atoms with Crippen molar-refractivity contribution in [2.45, 2.75) is 18.6 Å². The van der Waals surface area contributed by atoms with Gasteiger partial charge in [0.25, 0.3) is 0 Å². The normalized spacial score (nSPS) is 12.2. The molecule has 1 N–H and O–H groups in total. The Kier molecular flexibility index (Phi) is 5.40. The highest BCUT2D eigenvalue weighted by Gasteiger charge is 2.17. The fraction of sp³-hybridized carbons (Fsp3) is 0.211. The lowest BCUT2D eigenvalue weighted by molar-refractivity contribution is -0.113. The van der Waals surface area contributed by atoms with Crippen LogP contribution in [-0.2, 0) is 11.3 Å². The molecule has 2 heterocycles. The molecule has 0 bridgehead atoms. The molecule has 0 saturated carbocycles. The van der Waals surface area contributed by atoms with Gasteiger partial charge in [0.1, 0.15) is 0 Å². The number of carbonyl (C=O) groups excluding carboxylic acids is 1. The first-order chi connectivity index (χ1) is 13.7. The molecular formula is C19H17ClN4O3S. The van der Waals surface area contributed by atoms with Crippen molar-refractivity contribution in [3.8, 4) is 22.9 Å². The lowest BCUT2D eigenvalue weighted by atomic mass is 10.2. The van der Waals surface area contributed by atoms with Crippen LogP contribution in [0.5, 0.6) is 11.5 Å². The summed E-state index contributed by atoms with van der Waals surface area (Å²) in [5.74, 6) is 2.05. The van der Waals surface area contributed by atoms with Gasteiger partial charge >= 0.3 is 0 Å². The fourth-order valence-electron chi connectivity index (χ4n) is 2.82. The van der Waals surface area contributed by atoms with Gasteiger partial charge in [-0.25, -0.2) is 0 Å². The van der Waals surface area contributed by atoms with Crippen LogP contribution in [0.1, 0.15) is 6.92 Å². The topological polar surface area (TPSA) is 78.3 Å². The average Bonchev–Trinajstić information content (AvgIpc) is 3.32. The second kappa shape index (κ2) is 8.12. The van der Waals surface area contributed by atoms with Gasteiger partial charge in [-0.05, 0) is 31.2 Å². The minimum absolute atomic E-state index is 0.145. The maximum atomic E-state index is 12.3. The van der Waals surface area contributed by atoms with Crippen LogP contribution in [-0.4, -0.2) is 33.2 Å². The Bertz CT molecular complexity index is 1020. The van der Waals surface area contributed by atoms with Gasteiger partial charge in [-0.1, -0.05) is 35.5 Å². The molecule has 0 saturated heterocycles. The van der Waals surface area contributed by atoms with E-state index in [1.54, 1.807) is 18.2 Å². The number of halogens is 1. The zero-order valence-corrected chi connectivity index (χ0v) is 16.6. The first kappa shape index (κ1) is 18.6. The number of aromatic nitrogens is 3. The maximum absolute atomic E-state index is 12.3. The Hall–Kier alpha value is -2.71. The van der Waals surface area contributed by atoms with Gasteiger partial charge in [0, 0.05) is 23.9 Å². The number of benzene rings is 2. The van der Waals surface area contributed by atoms with Crippen LogP contribution in [0, 0.1) is 0 Å². The molecule has 1 amide bonds. The van der Waals surface area contributed by atoms with Crippen molar-refractivity contribution in [1.29, 1.82) is 0 Å². The Labute approximate surface area is 171 Å². The lowest BCUT2D eigenvalue weighted by Crippen LogP contribution is -2.14. The quantitative estimate of drug-likeness (QED) is 0.610. The summed E-state index contributed by atoms with van der Waals surface area (Å²) in [5, 5.41) is 12.6. The number of fused-ring (bicyclic) bond motifs is 1. The van der Waals surface area contributed by atoms with Crippen molar-refractivity contribution in [3.63, 3.8) is 0 Å². The number of carbonyl (C=O) groups is 1. The molecule has 0 unspecified atom stereocenters. The molecule has 144 valence electrons. The number of nitrogens with one attached hydrogen (secondary N) is 1. The molecule has 1 aliphatic rings. The Morgan fingerprint density at radius 2 is 2.04 bits per heavy atom. The van der Waals surface area contributed by atoms with E-state index >= 15 is 0 Å². The van der Waals surface area contributed by atoms with Crippen LogP contribution in [0.3, 0.4) is 0 Å². The van der Waals surface area contributed by atoms with E-state index in [0.717, 1.165) is 5.56 Å². The van der Waals surface area contributed by atoms with Crippen LogP contribution in [0.2, 0.25) is 5.02 Å². The van der Waals surface area contributed by atoms with Gasteiger partial charge in [0.15, 0.2) is 22.5 Å². The van der Waals surface area contributed by atoms with Crippen molar-refractivity contribution in [2.24, 2.45) is 0 Å². The number of anilines is 1. The minimum atomic E-state index is -0.145. The molecule has 9 heteroatoms. The standard InChI is InChI=1S/C19H17ClN4O3S/c1-2-24-18(13-5-3-4-6-14(13)20)22-23-19(24)28-10-17(25)21-12-7-8-15-16(9-12)27-11-26-15/h3-9H,2,10-11H2,1H3,(H,21,25). The van der Waals surface area contributed by atoms with E-state index in [4.69, 9.17) is 21.1 Å². The molecule has 1 aliphatic heterocycles. The van der Waals surface area contributed by atoms with Gasteiger partial charge in [-0.15, -0.1) is 10.2 Å². The molecule has 0 spiro atoms. The number of thioether (sulfide) groups is 1. The summed E-state index contributed by atoms with van der Waals surface area (Å²) >= 11 is 7.61. The molecule has 3 aromatic rings. The van der Waals surface area contributed by atoms with Crippen LogP contribution in [0.15, 0.2) is 47.6 Å². The molecule has 2 aromatic carbocycles. The zero-order valence-electron chi connectivity index (χ0n) is 15.0. The molecule has 0 fully saturated rings. The molecule has 0 aliphatic carbocycles. The van der Waals surface area contributed by atoms with Crippen LogP contribution in [0.25, 0.3) is 11.4 Å². The smallest absolute Gasteiger partial charge is 0.234 e. The highest BCUT2D eigenvalue weighted by molar-refractivity contribution is 7.99. The maximum Gasteiger partial charge on any atom is 0.234 e. The summed E-state index contributed by atoms with van der Waals surface area (Å²) in [6, 6.07) is 12.8. The molecule has 0 radical (unpaired) electrons. The third kappa shape index (κ3) is 3.79. The third-order valence-electron chi connectivity index (χ3n) is 4.14. The summed E-state index contributed by atoms with van der Waals surface area (Å²) in [7, 11) is 0. The molecular weight excluding hydrogens is 400 g/mol. The number of hydrogen-bond acceptors (Lipinski definition) is 6. The largest absolute Gasteiger partial charge is 0.454 e. The summed E-state index contributed by atoms with van der Waals surface area (Å²) in [6.45, 7) is 2.86. The second-order valence-electron chi connectivity index (χ2n) is 5.94. The summed E-state index contributed by atoms with van der Waals surface area (Å²) in [4.78, 5) is 12.3. The van der Waals surface area contributed by atoms with Crippen LogP contribution < -0.4 is 14.8 Å². The number of nitrogens with zero attached hydrogens (tertiary/aromatic N) is 3. The fourth-order valence-corrected chi connectivity index (χ4v) is 3.85. The van der Waals surface area contributed by atoms with Crippen molar-refractivity contribution in [1.82, 2.24) is 14.8 Å². The average molecular weight is 417 g/mol. The van der Waals surface area contributed by atoms with E-state index < -0.39 is 0 Å². The highest BCUT2D eigenvalue weighted by atomic mass is 35.5. The van der Waals surface area contributed by atoms with E-state index in [0.29, 0.717) is 39.7 Å². The summed E-state index contributed by atoms with van der Waals surface area (Å²) in [6.07, 6.45) is 0. The number of hydrogen-bond donors (Lipinski definition) is 1. The van der Waals surface area contributed by atoms with E-state index in [1.807, 2.05) is 35.8 Å².